The number of carbonyl (C=O) groups is 1. The molecule has 0 bridgehead atoms. The first-order valence-corrected chi connectivity index (χ1v) is 14.5. The zero-order valence-corrected chi connectivity index (χ0v) is 24.7. The molecule has 0 aliphatic carbocycles. The minimum atomic E-state index is -0.0566. The first kappa shape index (κ1) is 28.0. The molecule has 1 aliphatic heterocycles. The van der Waals surface area contributed by atoms with Crippen LogP contribution in [0.1, 0.15) is 38.2 Å². The van der Waals surface area contributed by atoms with Gasteiger partial charge in [-0.05, 0) is 64.6 Å². The van der Waals surface area contributed by atoms with Gasteiger partial charge in [-0.3, -0.25) is 4.79 Å². The number of hydrogen-bond donors (Lipinski definition) is 4. The van der Waals surface area contributed by atoms with Gasteiger partial charge in [0.1, 0.15) is 0 Å². The van der Waals surface area contributed by atoms with Crippen LogP contribution in [-0.4, -0.2) is 44.0 Å². The van der Waals surface area contributed by atoms with Crippen molar-refractivity contribution in [1.29, 1.82) is 0 Å². The highest BCUT2D eigenvalue weighted by molar-refractivity contribution is 9.10. The summed E-state index contributed by atoms with van der Waals surface area (Å²) in [6, 6.07) is 27.0. The van der Waals surface area contributed by atoms with Crippen LogP contribution in [0.2, 0.25) is 0 Å². The molecule has 9 nitrogen and oxygen atoms in total. The third kappa shape index (κ3) is 5.56. The van der Waals surface area contributed by atoms with E-state index in [1.54, 1.807) is 18.2 Å². The molecule has 2 heterocycles. The largest absolute Gasteiger partial charge is 0.409 e. The standard InChI is InChI=1S/C33H29BrN6O3/c34-27-6-1-3-21(13-27)18-40-19-25-11-12-39(17-20-7-9-22(10-8-20)31(35)37-42)33(41)28-15-26(16-29(40)30(25)28)23-4-2-5-24(14-23)32(36)38-43/h1-10,13-16,19,42-43H,11-12,17-18H2,(H2,35,37)(H2,36,38). The van der Waals surface area contributed by atoms with Crippen molar-refractivity contribution in [2.24, 2.45) is 21.8 Å². The number of carbonyl (C=O) groups excluding carboxylic acids is 1. The Morgan fingerprint density at radius 3 is 2.30 bits per heavy atom. The summed E-state index contributed by atoms with van der Waals surface area (Å²) in [5.41, 5.74) is 19.3. The van der Waals surface area contributed by atoms with Gasteiger partial charge >= 0.3 is 0 Å². The van der Waals surface area contributed by atoms with Crippen LogP contribution in [0, 0.1) is 0 Å². The number of rotatable bonds is 7. The summed E-state index contributed by atoms with van der Waals surface area (Å²) in [4.78, 5) is 16.1. The summed E-state index contributed by atoms with van der Waals surface area (Å²) < 4.78 is 3.22. The highest BCUT2D eigenvalue weighted by Crippen LogP contribution is 2.35. The number of aromatic nitrogens is 1. The van der Waals surface area contributed by atoms with Gasteiger partial charge in [0.25, 0.3) is 5.91 Å². The van der Waals surface area contributed by atoms with Crippen LogP contribution in [-0.2, 0) is 19.5 Å². The third-order valence-electron chi connectivity index (χ3n) is 7.80. The molecular formula is C33H29BrN6O3. The molecule has 0 unspecified atom stereocenters. The van der Waals surface area contributed by atoms with Crippen molar-refractivity contribution in [2.75, 3.05) is 6.54 Å². The summed E-state index contributed by atoms with van der Waals surface area (Å²) >= 11 is 3.58. The lowest BCUT2D eigenvalue weighted by molar-refractivity contribution is 0.0750. The van der Waals surface area contributed by atoms with Crippen molar-refractivity contribution in [3.63, 3.8) is 0 Å². The number of amides is 1. The van der Waals surface area contributed by atoms with E-state index in [9.17, 15) is 10.0 Å². The topological polar surface area (TPSA) is 142 Å². The smallest absolute Gasteiger partial charge is 0.254 e. The molecule has 0 saturated carbocycles. The van der Waals surface area contributed by atoms with E-state index in [0.29, 0.717) is 42.7 Å². The number of amidine groups is 2. The van der Waals surface area contributed by atoms with Gasteiger partial charge in [0, 0.05) is 52.4 Å². The van der Waals surface area contributed by atoms with E-state index >= 15 is 0 Å². The van der Waals surface area contributed by atoms with Crippen LogP contribution >= 0.6 is 15.9 Å². The molecule has 0 saturated heterocycles. The molecule has 10 heteroatoms. The average molecular weight is 638 g/mol. The Hall–Kier alpha value is -5.09. The molecule has 0 spiro atoms. The molecule has 0 atom stereocenters. The third-order valence-corrected chi connectivity index (χ3v) is 8.29. The average Bonchev–Trinajstić information content (AvgIpc) is 3.32. The molecule has 216 valence electrons. The Morgan fingerprint density at radius 2 is 1.56 bits per heavy atom. The molecule has 5 aromatic rings. The van der Waals surface area contributed by atoms with Crippen molar-refractivity contribution in [3.05, 3.63) is 129 Å². The van der Waals surface area contributed by atoms with Gasteiger partial charge < -0.3 is 31.3 Å². The van der Waals surface area contributed by atoms with E-state index in [1.807, 2.05) is 53.4 Å². The molecule has 0 fully saturated rings. The Bertz CT molecular complexity index is 1910. The molecule has 1 aliphatic rings. The minimum absolute atomic E-state index is 0.0154. The normalized spacial score (nSPS) is 13.9. The van der Waals surface area contributed by atoms with E-state index in [1.165, 1.54) is 0 Å². The number of hydrogen-bond acceptors (Lipinski definition) is 5. The second kappa shape index (κ2) is 11.7. The van der Waals surface area contributed by atoms with Crippen LogP contribution < -0.4 is 11.5 Å². The van der Waals surface area contributed by atoms with Gasteiger partial charge in [-0.2, -0.15) is 0 Å². The molecule has 43 heavy (non-hydrogen) atoms. The predicted octanol–water partition coefficient (Wildman–Crippen LogP) is 5.51. The summed E-state index contributed by atoms with van der Waals surface area (Å²) in [5, 5.41) is 25.4. The van der Waals surface area contributed by atoms with E-state index in [0.717, 1.165) is 43.2 Å². The first-order chi connectivity index (χ1) is 20.8. The van der Waals surface area contributed by atoms with Gasteiger partial charge in [-0.1, -0.05) is 80.8 Å². The zero-order valence-electron chi connectivity index (χ0n) is 23.1. The quantitative estimate of drug-likeness (QED) is 0.0807. The van der Waals surface area contributed by atoms with Crippen molar-refractivity contribution >= 4 is 44.4 Å². The molecule has 6 rings (SSSR count). The molecule has 4 aromatic carbocycles. The molecule has 6 N–H and O–H groups in total. The van der Waals surface area contributed by atoms with Gasteiger partial charge in [0.2, 0.25) is 0 Å². The molecule has 1 aromatic heterocycles. The zero-order chi connectivity index (χ0) is 30.1. The second-order valence-electron chi connectivity index (χ2n) is 10.6. The van der Waals surface area contributed by atoms with E-state index in [-0.39, 0.29) is 17.6 Å². The molecule has 0 radical (unpaired) electrons. The highest BCUT2D eigenvalue weighted by Gasteiger charge is 2.27. The van der Waals surface area contributed by atoms with Crippen LogP contribution in [0.5, 0.6) is 0 Å². The van der Waals surface area contributed by atoms with Crippen LogP contribution in [0.3, 0.4) is 0 Å². The van der Waals surface area contributed by atoms with Gasteiger partial charge in [-0.15, -0.1) is 0 Å². The van der Waals surface area contributed by atoms with Crippen LogP contribution in [0.4, 0.5) is 0 Å². The second-order valence-corrected chi connectivity index (χ2v) is 11.5. The molecule has 1 amide bonds. The lowest BCUT2D eigenvalue weighted by Crippen LogP contribution is -2.31. The minimum Gasteiger partial charge on any atom is -0.409 e. The fourth-order valence-corrected chi connectivity index (χ4v) is 6.10. The maximum absolute atomic E-state index is 14.2. The molecular weight excluding hydrogens is 608 g/mol. The monoisotopic (exact) mass is 636 g/mol. The maximum Gasteiger partial charge on any atom is 0.254 e. The SMILES string of the molecule is N/C(=N\O)c1ccc(CN2CCc3cn(Cc4cccc(Br)c4)c4cc(-c5cccc(/C(N)=N/O)c5)cc(c34)C2=O)cc1. The van der Waals surface area contributed by atoms with Crippen LogP contribution in [0.25, 0.3) is 22.0 Å². The fourth-order valence-electron chi connectivity index (χ4n) is 5.65. The summed E-state index contributed by atoms with van der Waals surface area (Å²) in [6.07, 6.45) is 2.87. The Labute approximate surface area is 256 Å². The summed E-state index contributed by atoms with van der Waals surface area (Å²) in [6.45, 7) is 1.62. The number of nitrogens with zero attached hydrogens (tertiary/aromatic N) is 4. The van der Waals surface area contributed by atoms with E-state index < -0.39 is 0 Å². The Morgan fingerprint density at radius 1 is 0.814 bits per heavy atom. The number of nitrogens with two attached hydrogens (primary N) is 2. The van der Waals surface area contributed by atoms with Gasteiger partial charge in [0.05, 0.1) is 5.52 Å². The first-order valence-electron chi connectivity index (χ1n) is 13.7. The fraction of sp³-hybridized carbons (Fsp3) is 0.121. The van der Waals surface area contributed by atoms with E-state index in [4.69, 9.17) is 16.7 Å². The Kier molecular flexibility index (Phi) is 7.60. The van der Waals surface area contributed by atoms with Crippen molar-refractivity contribution in [2.45, 2.75) is 19.5 Å². The predicted molar refractivity (Wildman–Crippen MR) is 171 cm³/mol. The summed E-state index contributed by atoms with van der Waals surface area (Å²) in [5.74, 6) is -0.00705. The Balaban J connectivity index is 1.45. The van der Waals surface area contributed by atoms with Gasteiger partial charge in [-0.25, -0.2) is 0 Å². The van der Waals surface area contributed by atoms with Gasteiger partial charge in [0.15, 0.2) is 11.7 Å². The number of halogens is 1. The van der Waals surface area contributed by atoms with Crippen LogP contribution in [0.15, 0.2) is 106 Å². The maximum atomic E-state index is 14.2. The lowest BCUT2D eigenvalue weighted by Gasteiger charge is -2.22. The van der Waals surface area contributed by atoms with Crippen molar-refractivity contribution < 1.29 is 15.2 Å². The highest BCUT2D eigenvalue weighted by atomic mass is 79.9. The van der Waals surface area contributed by atoms with Crippen molar-refractivity contribution in [1.82, 2.24) is 9.47 Å². The summed E-state index contributed by atoms with van der Waals surface area (Å²) in [7, 11) is 0. The number of benzene rings is 4. The van der Waals surface area contributed by atoms with E-state index in [2.05, 4.69) is 55.2 Å². The lowest BCUT2D eigenvalue weighted by atomic mass is 9.96. The number of oxime groups is 2. The van der Waals surface area contributed by atoms with Crippen molar-refractivity contribution in [3.8, 4) is 11.1 Å².